The minimum atomic E-state index is -0.366. The Morgan fingerprint density at radius 3 is 2.36 bits per heavy atom. The third kappa shape index (κ3) is 3.52. The lowest BCUT2D eigenvalue weighted by molar-refractivity contribution is -0.112. The number of carbonyl (C=O) groups is 2. The number of hydrazone groups is 1. The Kier molecular flexibility index (Phi) is 4.91. The van der Waals surface area contributed by atoms with Gasteiger partial charge >= 0.3 is 0 Å². The summed E-state index contributed by atoms with van der Waals surface area (Å²) in [6.07, 6.45) is 0. The van der Waals surface area contributed by atoms with Gasteiger partial charge in [-0.1, -0.05) is 60.1 Å². The van der Waals surface area contributed by atoms with Crippen LogP contribution in [0.25, 0.3) is 0 Å². The molecule has 0 aliphatic carbocycles. The number of benzene rings is 3. The van der Waals surface area contributed by atoms with Crippen LogP contribution in [0.15, 0.2) is 84.0 Å². The van der Waals surface area contributed by atoms with Gasteiger partial charge in [0, 0.05) is 16.1 Å². The highest BCUT2D eigenvalue weighted by Gasteiger charge is 2.34. The molecular weight excluding hydrogens is 374 g/mol. The number of anilines is 1. The quantitative estimate of drug-likeness (QED) is 0.685. The molecule has 0 radical (unpaired) electrons. The first-order valence-corrected chi connectivity index (χ1v) is 9.10. The van der Waals surface area contributed by atoms with E-state index in [0.717, 1.165) is 11.3 Å². The molecule has 0 spiro atoms. The standard InChI is InChI=1S/C22H16ClN3O2/c23-17-12-10-15(11-13-17)14-26-19-9-5-4-8-18(19)20(22(26)28)24-25-21(27)16-6-2-1-3-7-16/h1-13H,14H2,(H,25,27)/b24-20-. The van der Waals surface area contributed by atoms with Crippen LogP contribution in [0, 0.1) is 0 Å². The van der Waals surface area contributed by atoms with Gasteiger partial charge in [0.05, 0.1) is 12.2 Å². The summed E-state index contributed by atoms with van der Waals surface area (Å²) in [5.41, 5.74) is 5.58. The first kappa shape index (κ1) is 17.9. The molecule has 1 heterocycles. The minimum absolute atomic E-state index is 0.217. The molecule has 0 saturated heterocycles. The monoisotopic (exact) mass is 389 g/mol. The molecule has 3 aromatic rings. The van der Waals surface area contributed by atoms with Crippen LogP contribution in [-0.2, 0) is 11.3 Å². The summed E-state index contributed by atoms with van der Waals surface area (Å²) >= 11 is 5.94. The van der Waals surface area contributed by atoms with E-state index in [0.29, 0.717) is 22.7 Å². The van der Waals surface area contributed by atoms with Gasteiger partial charge in [-0.3, -0.25) is 9.59 Å². The van der Waals surface area contributed by atoms with E-state index in [2.05, 4.69) is 10.5 Å². The number of hydrogen-bond acceptors (Lipinski definition) is 3. The van der Waals surface area contributed by atoms with Gasteiger partial charge in [-0.2, -0.15) is 5.10 Å². The van der Waals surface area contributed by atoms with Crippen molar-refractivity contribution in [2.75, 3.05) is 4.90 Å². The van der Waals surface area contributed by atoms with Gasteiger partial charge < -0.3 is 4.90 Å². The summed E-state index contributed by atoms with van der Waals surface area (Å²) in [6, 6.07) is 23.5. The number of fused-ring (bicyclic) bond motifs is 1. The Balaban J connectivity index is 1.61. The average molecular weight is 390 g/mol. The molecule has 0 bridgehead atoms. The lowest BCUT2D eigenvalue weighted by atomic mass is 10.1. The molecule has 5 nitrogen and oxygen atoms in total. The van der Waals surface area contributed by atoms with Gasteiger partial charge in [0.15, 0.2) is 5.71 Å². The van der Waals surface area contributed by atoms with Crippen molar-refractivity contribution in [3.8, 4) is 0 Å². The maximum Gasteiger partial charge on any atom is 0.279 e. The Labute approximate surface area is 167 Å². The molecule has 138 valence electrons. The summed E-state index contributed by atoms with van der Waals surface area (Å²) in [6.45, 7) is 0.388. The second kappa shape index (κ2) is 7.66. The zero-order valence-electron chi connectivity index (χ0n) is 14.8. The maximum absolute atomic E-state index is 13.0. The highest BCUT2D eigenvalue weighted by atomic mass is 35.5. The van der Waals surface area contributed by atoms with E-state index in [1.807, 2.05) is 42.5 Å². The second-order valence-electron chi connectivity index (χ2n) is 6.30. The van der Waals surface area contributed by atoms with Crippen molar-refractivity contribution in [1.82, 2.24) is 5.43 Å². The molecule has 0 unspecified atom stereocenters. The molecule has 0 fully saturated rings. The molecule has 0 saturated carbocycles. The van der Waals surface area contributed by atoms with Gasteiger partial charge in [-0.05, 0) is 35.9 Å². The largest absolute Gasteiger partial charge is 0.302 e. The lowest BCUT2D eigenvalue weighted by Gasteiger charge is -2.16. The molecule has 4 rings (SSSR count). The smallest absolute Gasteiger partial charge is 0.279 e. The number of hydrogen-bond donors (Lipinski definition) is 1. The number of para-hydroxylation sites is 1. The second-order valence-corrected chi connectivity index (χ2v) is 6.74. The molecule has 1 aliphatic heterocycles. The predicted octanol–water partition coefficient (Wildman–Crippen LogP) is 4.02. The Bertz CT molecular complexity index is 1060. The Morgan fingerprint density at radius 2 is 1.61 bits per heavy atom. The first-order chi connectivity index (χ1) is 13.6. The summed E-state index contributed by atoms with van der Waals surface area (Å²) in [4.78, 5) is 26.9. The molecule has 28 heavy (non-hydrogen) atoms. The van der Waals surface area contributed by atoms with Gasteiger partial charge in [0.2, 0.25) is 0 Å². The molecule has 6 heteroatoms. The number of halogens is 1. The van der Waals surface area contributed by atoms with Gasteiger partial charge in [0.1, 0.15) is 0 Å². The molecule has 0 atom stereocenters. The number of carbonyl (C=O) groups excluding carboxylic acids is 2. The van der Waals surface area contributed by atoms with Crippen molar-refractivity contribution in [1.29, 1.82) is 0 Å². The lowest BCUT2D eigenvalue weighted by Crippen LogP contribution is -2.31. The molecule has 2 amide bonds. The average Bonchev–Trinajstić information content (AvgIpc) is 3.00. The van der Waals surface area contributed by atoms with Crippen molar-refractivity contribution >= 4 is 34.8 Å². The molecule has 1 aliphatic rings. The first-order valence-electron chi connectivity index (χ1n) is 8.72. The highest BCUT2D eigenvalue weighted by Crippen LogP contribution is 2.30. The van der Waals surface area contributed by atoms with E-state index in [1.165, 1.54) is 0 Å². The van der Waals surface area contributed by atoms with Crippen LogP contribution in [0.5, 0.6) is 0 Å². The Morgan fingerprint density at radius 1 is 0.929 bits per heavy atom. The maximum atomic E-state index is 13.0. The van der Waals surface area contributed by atoms with Crippen molar-refractivity contribution in [2.24, 2.45) is 5.10 Å². The molecular formula is C22H16ClN3O2. The van der Waals surface area contributed by atoms with Crippen LogP contribution in [-0.4, -0.2) is 17.5 Å². The zero-order valence-corrected chi connectivity index (χ0v) is 15.6. The van der Waals surface area contributed by atoms with E-state index in [4.69, 9.17) is 11.6 Å². The van der Waals surface area contributed by atoms with E-state index in [1.54, 1.807) is 41.3 Å². The number of nitrogens with zero attached hydrogens (tertiary/aromatic N) is 2. The van der Waals surface area contributed by atoms with Crippen LogP contribution in [0.1, 0.15) is 21.5 Å². The van der Waals surface area contributed by atoms with E-state index < -0.39 is 0 Å². The number of amides is 2. The topological polar surface area (TPSA) is 61.8 Å². The van der Waals surface area contributed by atoms with Crippen LogP contribution < -0.4 is 10.3 Å². The molecule has 1 N–H and O–H groups in total. The fraction of sp³-hybridized carbons (Fsp3) is 0.0455. The van der Waals surface area contributed by atoms with E-state index in [-0.39, 0.29) is 17.5 Å². The summed E-state index contributed by atoms with van der Waals surface area (Å²) in [7, 11) is 0. The number of nitrogens with one attached hydrogen (secondary N) is 1. The summed E-state index contributed by atoms with van der Waals surface area (Å²) in [5, 5.41) is 4.77. The third-order valence-electron chi connectivity index (χ3n) is 4.46. The number of rotatable bonds is 4. The van der Waals surface area contributed by atoms with Gasteiger partial charge in [-0.15, -0.1) is 0 Å². The summed E-state index contributed by atoms with van der Waals surface area (Å²) in [5.74, 6) is -0.626. The predicted molar refractivity (Wildman–Crippen MR) is 110 cm³/mol. The minimum Gasteiger partial charge on any atom is -0.302 e. The van der Waals surface area contributed by atoms with Crippen LogP contribution in [0.3, 0.4) is 0 Å². The van der Waals surface area contributed by atoms with E-state index in [9.17, 15) is 9.59 Å². The van der Waals surface area contributed by atoms with Crippen molar-refractivity contribution in [2.45, 2.75) is 6.54 Å². The van der Waals surface area contributed by atoms with Gasteiger partial charge in [0.25, 0.3) is 11.8 Å². The Hall–Kier alpha value is -3.44. The summed E-state index contributed by atoms with van der Waals surface area (Å²) < 4.78 is 0. The van der Waals surface area contributed by atoms with Crippen LogP contribution in [0.4, 0.5) is 5.69 Å². The normalized spacial score (nSPS) is 14.2. The van der Waals surface area contributed by atoms with Crippen molar-refractivity contribution < 1.29 is 9.59 Å². The SMILES string of the molecule is O=C(N/N=C1\C(=O)N(Cc2ccc(Cl)cc2)c2ccccc21)c1ccccc1. The zero-order chi connectivity index (χ0) is 19.5. The fourth-order valence-corrected chi connectivity index (χ4v) is 3.19. The van der Waals surface area contributed by atoms with Crippen LogP contribution in [0.2, 0.25) is 5.02 Å². The van der Waals surface area contributed by atoms with Gasteiger partial charge in [-0.25, -0.2) is 5.43 Å². The molecule has 3 aromatic carbocycles. The van der Waals surface area contributed by atoms with E-state index >= 15 is 0 Å². The fourth-order valence-electron chi connectivity index (χ4n) is 3.06. The van der Waals surface area contributed by atoms with Crippen LogP contribution >= 0.6 is 11.6 Å². The van der Waals surface area contributed by atoms with Crippen molar-refractivity contribution in [3.05, 3.63) is 101 Å². The third-order valence-corrected chi connectivity index (χ3v) is 4.71. The molecule has 0 aromatic heterocycles. The van der Waals surface area contributed by atoms with Crippen molar-refractivity contribution in [3.63, 3.8) is 0 Å². The highest BCUT2D eigenvalue weighted by molar-refractivity contribution is 6.54.